The van der Waals surface area contributed by atoms with E-state index in [2.05, 4.69) is 9.93 Å². The maximum Gasteiger partial charge on any atom is 0.276 e. The standard InChI is InChI=1S/C23H22N2O2S/c1-18-13-15-22(16-14-18)28(26,27)25-24-23(21-11-7-4-8-12-21)17-19(2)20-9-5-3-6-10-20/h3-17,25H,1-2H3/b19-17+,24-23+. The zero-order chi connectivity index (χ0) is 20.0. The van der Waals surface area contributed by atoms with Gasteiger partial charge in [-0.1, -0.05) is 78.4 Å². The second-order valence-corrected chi connectivity index (χ2v) is 8.13. The van der Waals surface area contributed by atoms with Gasteiger partial charge in [0.1, 0.15) is 0 Å². The third-order valence-electron chi connectivity index (χ3n) is 4.27. The molecule has 4 nitrogen and oxygen atoms in total. The predicted octanol–water partition coefficient (Wildman–Crippen LogP) is 4.78. The van der Waals surface area contributed by atoms with Crippen molar-refractivity contribution in [2.45, 2.75) is 18.7 Å². The Balaban J connectivity index is 1.96. The molecule has 142 valence electrons. The van der Waals surface area contributed by atoms with E-state index in [1.165, 1.54) is 0 Å². The third-order valence-corrected chi connectivity index (χ3v) is 5.49. The Kier molecular flexibility index (Phi) is 6.06. The van der Waals surface area contributed by atoms with E-state index < -0.39 is 10.0 Å². The van der Waals surface area contributed by atoms with Crippen LogP contribution >= 0.6 is 0 Å². The summed E-state index contributed by atoms with van der Waals surface area (Å²) in [5.41, 5.74) is 4.39. The van der Waals surface area contributed by atoms with Crippen molar-refractivity contribution in [3.8, 4) is 0 Å². The Hall–Kier alpha value is -3.18. The first kappa shape index (κ1) is 19.6. The van der Waals surface area contributed by atoms with Crippen LogP contribution in [0.1, 0.15) is 23.6 Å². The second kappa shape index (κ2) is 8.67. The highest BCUT2D eigenvalue weighted by Gasteiger charge is 2.13. The third kappa shape index (κ3) is 4.96. The van der Waals surface area contributed by atoms with Gasteiger partial charge in [0.15, 0.2) is 0 Å². The molecule has 5 heteroatoms. The van der Waals surface area contributed by atoms with Crippen molar-refractivity contribution in [1.82, 2.24) is 4.83 Å². The van der Waals surface area contributed by atoms with Crippen LogP contribution in [-0.4, -0.2) is 14.1 Å². The number of hydrogen-bond acceptors (Lipinski definition) is 3. The fraction of sp³-hybridized carbons (Fsp3) is 0.0870. The van der Waals surface area contributed by atoms with Crippen LogP contribution in [0.3, 0.4) is 0 Å². The molecule has 0 heterocycles. The molecule has 0 spiro atoms. The van der Waals surface area contributed by atoms with Crippen LogP contribution in [0.2, 0.25) is 0 Å². The Labute approximate surface area is 166 Å². The molecule has 1 N–H and O–H groups in total. The molecule has 0 aromatic heterocycles. The smallest absolute Gasteiger partial charge is 0.200 e. The minimum atomic E-state index is -3.75. The van der Waals surface area contributed by atoms with Gasteiger partial charge in [0.25, 0.3) is 10.0 Å². The Morgan fingerprint density at radius 3 is 1.93 bits per heavy atom. The van der Waals surface area contributed by atoms with Crippen LogP contribution in [0.4, 0.5) is 0 Å². The predicted molar refractivity (Wildman–Crippen MR) is 115 cm³/mol. The molecule has 3 aromatic rings. The van der Waals surface area contributed by atoms with E-state index in [0.29, 0.717) is 5.71 Å². The Morgan fingerprint density at radius 1 is 0.821 bits per heavy atom. The summed E-state index contributed by atoms with van der Waals surface area (Å²) in [4.78, 5) is 2.54. The monoisotopic (exact) mass is 390 g/mol. The zero-order valence-corrected chi connectivity index (χ0v) is 16.6. The first-order valence-electron chi connectivity index (χ1n) is 8.91. The fourth-order valence-electron chi connectivity index (χ4n) is 2.66. The Morgan fingerprint density at radius 2 is 1.36 bits per heavy atom. The molecule has 0 aliphatic rings. The van der Waals surface area contributed by atoms with Gasteiger partial charge in [0.2, 0.25) is 0 Å². The topological polar surface area (TPSA) is 58.5 Å². The molecule has 0 saturated heterocycles. The number of aryl methyl sites for hydroxylation is 1. The van der Waals surface area contributed by atoms with Gasteiger partial charge >= 0.3 is 0 Å². The van der Waals surface area contributed by atoms with E-state index in [-0.39, 0.29) is 4.90 Å². The SMILES string of the molecule is C/C(=C\C(=N/NS(=O)(=O)c1ccc(C)cc1)c1ccccc1)c1ccccc1. The molecule has 0 bridgehead atoms. The van der Waals surface area contributed by atoms with Crippen molar-refractivity contribution in [2.75, 3.05) is 0 Å². The van der Waals surface area contributed by atoms with E-state index >= 15 is 0 Å². The van der Waals surface area contributed by atoms with Crippen LogP contribution in [-0.2, 0) is 10.0 Å². The molecule has 3 aromatic carbocycles. The highest BCUT2D eigenvalue weighted by molar-refractivity contribution is 7.89. The highest BCUT2D eigenvalue weighted by Crippen LogP contribution is 2.16. The quantitative estimate of drug-likeness (QED) is 0.486. The van der Waals surface area contributed by atoms with E-state index in [0.717, 1.165) is 22.3 Å². The highest BCUT2D eigenvalue weighted by atomic mass is 32.2. The maximum absolute atomic E-state index is 12.6. The van der Waals surface area contributed by atoms with Gasteiger partial charge in [0, 0.05) is 5.56 Å². The number of benzene rings is 3. The first-order chi connectivity index (χ1) is 13.5. The molecule has 0 atom stereocenters. The van der Waals surface area contributed by atoms with Gasteiger partial charge in [-0.2, -0.15) is 18.4 Å². The zero-order valence-electron chi connectivity index (χ0n) is 15.8. The van der Waals surface area contributed by atoms with Gasteiger partial charge in [-0.3, -0.25) is 0 Å². The first-order valence-corrected chi connectivity index (χ1v) is 10.4. The van der Waals surface area contributed by atoms with Crippen molar-refractivity contribution < 1.29 is 8.42 Å². The molecule has 3 rings (SSSR count). The van der Waals surface area contributed by atoms with Crippen molar-refractivity contribution in [3.63, 3.8) is 0 Å². The molecule has 0 unspecified atom stereocenters. The summed E-state index contributed by atoms with van der Waals surface area (Å²) in [5.74, 6) is 0. The number of hydrogen-bond donors (Lipinski definition) is 1. The van der Waals surface area contributed by atoms with Crippen LogP contribution in [0.15, 0.2) is 101 Å². The molecule has 0 amide bonds. The average molecular weight is 391 g/mol. The average Bonchev–Trinajstić information content (AvgIpc) is 2.72. The molecule has 0 aliphatic carbocycles. The lowest BCUT2D eigenvalue weighted by Gasteiger charge is -2.08. The summed E-state index contributed by atoms with van der Waals surface area (Å²) in [6, 6.07) is 26.0. The normalized spacial score (nSPS) is 12.6. The molecule has 0 radical (unpaired) electrons. The summed E-state index contributed by atoms with van der Waals surface area (Å²) in [6.07, 6.45) is 1.88. The molecule has 28 heavy (non-hydrogen) atoms. The summed E-state index contributed by atoms with van der Waals surface area (Å²) in [6.45, 7) is 3.88. The fourth-order valence-corrected chi connectivity index (χ4v) is 3.48. The Bertz CT molecular complexity index is 1090. The van der Waals surface area contributed by atoms with Gasteiger partial charge in [0.05, 0.1) is 10.6 Å². The lowest BCUT2D eigenvalue weighted by molar-refractivity contribution is 0.584. The van der Waals surface area contributed by atoms with Gasteiger partial charge in [-0.25, -0.2) is 0 Å². The largest absolute Gasteiger partial charge is 0.276 e. The number of allylic oxidation sites excluding steroid dienone is 2. The van der Waals surface area contributed by atoms with E-state index in [4.69, 9.17) is 0 Å². The van der Waals surface area contributed by atoms with Crippen molar-refractivity contribution in [2.24, 2.45) is 5.10 Å². The maximum atomic E-state index is 12.6. The number of hydrazone groups is 1. The number of nitrogens with zero attached hydrogens (tertiary/aromatic N) is 1. The lowest BCUT2D eigenvalue weighted by atomic mass is 10.0. The van der Waals surface area contributed by atoms with E-state index in [1.807, 2.05) is 80.6 Å². The summed E-state index contributed by atoms with van der Waals surface area (Å²) in [7, 11) is -3.75. The van der Waals surface area contributed by atoms with Gasteiger partial charge < -0.3 is 0 Å². The van der Waals surface area contributed by atoms with Gasteiger partial charge in [-0.15, -0.1) is 0 Å². The van der Waals surface area contributed by atoms with Crippen LogP contribution in [0.25, 0.3) is 5.57 Å². The number of sulfonamides is 1. The molecular weight excluding hydrogens is 368 g/mol. The summed E-state index contributed by atoms with van der Waals surface area (Å²) < 4.78 is 25.2. The summed E-state index contributed by atoms with van der Waals surface area (Å²) >= 11 is 0. The number of nitrogens with one attached hydrogen (secondary N) is 1. The second-order valence-electron chi connectivity index (χ2n) is 6.46. The van der Waals surface area contributed by atoms with Crippen molar-refractivity contribution in [3.05, 3.63) is 108 Å². The van der Waals surface area contributed by atoms with Gasteiger partial charge in [-0.05, 0) is 43.2 Å². The lowest BCUT2D eigenvalue weighted by Crippen LogP contribution is -2.20. The van der Waals surface area contributed by atoms with E-state index in [9.17, 15) is 8.42 Å². The number of rotatable bonds is 6. The molecule has 0 fully saturated rings. The van der Waals surface area contributed by atoms with Crippen molar-refractivity contribution in [1.29, 1.82) is 0 Å². The van der Waals surface area contributed by atoms with Crippen molar-refractivity contribution >= 4 is 21.3 Å². The summed E-state index contributed by atoms with van der Waals surface area (Å²) in [5, 5.41) is 4.23. The van der Waals surface area contributed by atoms with Crippen LogP contribution < -0.4 is 4.83 Å². The molecule has 0 aliphatic heterocycles. The van der Waals surface area contributed by atoms with E-state index in [1.54, 1.807) is 24.3 Å². The molecule has 0 saturated carbocycles. The van der Waals surface area contributed by atoms with Crippen LogP contribution in [0, 0.1) is 6.92 Å². The minimum absolute atomic E-state index is 0.179. The minimum Gasteiger partial charge on any atom is -0.200 e. The van der Waals surface area contributed by atoms with Crippen LogP contribution in [0.5, 0.6) is 0 Å². The molecular formula is C23H22N2O2S.